The molecule has 0 saturated carbocycles. The monoisotopic (exact) mass is 398 g/mol. The first-order valence-corrected chi connectivity index (χ1v) is 10.4. The van der Waals surface area contributed by atoms with Crippen LogP contribution in [0.2, 0.25) is 0 Å². The minimum absolute atomic E-state index is 0.0364. The number of anilines is 2. The quantitative estimate of drug-likeness (QED) is 0.496. The normalized spacial score (nSPS) is 10.7. The highest BCUT2D eigenvalue weighted by atomic mass is 32.2. The average Bonchev–Trinajstić information content (AvgIpc) is 3.10. The van der Waals surface area contributed by atoms with E-state index in [0.717, 1.165) is 33.3 Å². The summed E-state index contributed by atoms with van der Waals surface area (Å²) in [6, 6.07) is 14.1. The second-order valence-electron chi connectivity index (χ2n) is 6.23. The van der Waals surface area contributed by atoms with Gasteiger partial charge in [0.15, 0.2) is 5.13 Å². The van der Waals surface area contributed by atoms with Crippen LogP contribution in [-0.4, -0.2) is 18.0 Å². The summed E-state index contributed by atoms with van der Waals surface area (Å²) in [6.07, 6.45) is 0. The molecule has 1 amide bonds. The molecule has 0 aliphatic rings. The summed E-state index contributed by atoms with van der Waals surface area (Å²) in [5, 5.41) is 2.73. The molecule has 140 valence electrons. The van der Waals surface area contributed by atoms with Crippen molar-refractivity contribution in [1.29, 1.82) is 0 Å². The topological polar surface area (TPSA) is 42.4 Å². The number of carbonyl (C=O) groups is 1. The summed E-state index contributed by atoms with van der Waals surface area (Å²) >= 11 is 3.21. The zero-order valence-corrected chi connectivity index (χ0v) is 17.5. The van der Waals surface area contributed by atoms with Crippen LogP contribution in [0.4, 0.5) is 10.8 Å². The Balaban J connectivity index is 1.76. The van der Waals surface area contributed by atoms with Gasteiger partial charge >= 0.3 is 0 Å². The summed E-state index contributed by atoms with van der Waals surface area (Å²) in [5.41, 5.74) is 4.09. The lowest BCUT2D eigenvalue weighted by molar-refractivity contribution is -0.115. The number of aryl methyl sites for hydroxylation is 2. The van der Waals surface area contributed by atoms with Crippen LogP contribution >= 0.6 is 23.1 Å². The fourth-order valence-corrected chi connectivity index (χ4v) is 4.53. The van der Waals surface area contributed by atoms with Crippen molar-refractivity contribution in [3.8, 4) is 5.75 Å². The fourth-order valence-electron chi connectivity index (χ4n) is 2.76. The Labute approximate surface area is 168 Å². The fraction of sp³-hybridized carbons (Fsp3) is 0.238. The maximum absolute atomic E-state index is 12.3. The highest BCUT2D eigenvalue weighted by Gasteiger charge is 2.19. The van der Waals surface area contributed by atoms with Gasteiger partial charge in [0.25, 0.3) is 0 Å². The highest BCUT2D eigenvalue weighted by molar-refractivity contribution is 7.98. The van der Waals surface area contributed by atoms with Crippen molar-refractivity contribution >= 4 is 39.8 Å². The van der Waals surface area contributed by atoms with Gasteiger partial charge in [-0.15, -0.1) is 23.1 Å². The largest absolute Gasteiger partial charge is 0.497 e. The first-order valence-electron chi connectivity index (χ1n) is 8.57. The van der Waals surface area contributed by atoms with Gasteiger partial charge in [0.05, 0.1) is 18.5 Å². The molecule has 0 fully saturated rings. The van der Waals surface area contributed by atoms with E-state index < -0.39 is 0 Å². The third-order valence-electron chi connectivity index (χ3n) is 4.09. The third-order valence-corrected chi connectivity index (χ3v) is 6.01. The van der Waals surface area contributed by atoms with Gasteiger partial charge < -0.3 is 4.74 Å². The first kappa shape index (κ1) is 19.5. The van der Waals surface area contributed by atoms with Gasteiger partial charge in [-0.3, -0.25) is 9.69 Å². The molecule has 0 unspecified atom stereocenters. The van der Waals surface area contributed by atoms with Crippen LogP contribution in [0.25, 0.3) is 0 Å². The summed E-state index contributed by atoms with van der Waals surface area (Å²) in [5.74, 6) is 1.56. The molecule has 2 aromatic carbocycles. The standard InChI is InChI=1S/C21H22N2O2S2/c1-14-5-10-20(15(2)11-14)23(16(3)24)21-22-17(13-27-21)12-26-19-8-6-18(25-4)7-9-19/h5-11,13H,12H2,1-4H3. The second-order valence-corrected chi connectivity index (χ2v) is 8.12. The Morgan fingerprint density at radius 3 is 2.56 bits per heavy atom. The molecule has 6 heteroatoms. The van der Waals surface area contributed by atoms with Gasteiger partial charge in [0.2, 0.25) is 5.91 Å². The van der Waals surface area contributed by atoms with Gasteiger partial charge in [-0.2, -0.15) is 0 Å². The number of carbonyl (C=O) groups excluding carboxylic acids is 1. The molecule has 0 aliphatic carbocycles. The molecular formula is C21H22N2O2S2. The minimum Gasteiger partial charge on any atom is -0.497 e. The van der Waals surface area contributed by atoms with Crippen molar-refractivity contribution in [3.63, 3.8) is 0 Å². The average molecular weight is 399 g/mol. The van der Waals surface area contributed by atoms with Crippen LogP contribution in [0, 0.1) is 13.8 Å². The second kappa shape index (κ2) is 8.59. The molecule has 4 nitrogen and oxygen atoms in total. The Hall–Kier alpha value is -2.31. The van der Waals surface area contributed by atoms with Gasteiger partial charge in [-0.05, 0) is 49.7 Å². The first-order chi connectivity index (χ1) is 13.0. The lowest BCUT2D eigenvalue weighted by Gasteiger charge is -2.20. The number of benzene rings is 2. The molecule has 0 saturated heterocycles. The van der Waals surface area contributed by atoms with Crippen LogP contribution in [0.1, 0.15) is 23.7 Å². The van der Waals surface area contributed by atoms with Crippen LogP contribution in [0.5, 0.6) is 5.75 Å². The number of methoxy groups -OCH3 is 1. The van der Waals surface area contributed by atoms with E-state index in [2.05, 4.69) is 6.07 Å². The molecular weight excluding hydrogens is 376 g/mol. The van der Waals surface area contributed by atoms with E-state index >= 15 is 0 Å². The van der Waals surface area contributed by atoms with Crippen molar-refractivity contribution < 1.29 is 9.53 Å². The van der Waals surface area contributed by atoms with Crippen molar-refractivity contribution in [2.75, 3.05) is 12.0 Å². The third kappa shape index (κ3) is 4.70. The van der Waals surface area contributed by atoms with Crippen LogP contribution in [0.15, 0.2) is 52.7 Å². The van der Waals surface area contributed by atoms with Crippen LogP contribution in [0.3, 0.4) is 0 Å². The van der Waals surface area contributed by atoms with Crippen molar-refractivity contribution in [3.05, 3.63) is 64.7 Å². The van der Waals surface area contributed by atoms with Gasteiger partial charge in [-0.1, -0.05) is 17.7 Å². The van der Waals surface area contributed by atoms with E-state index in [1.807, 2.05) is 55.6 Å². The highest BCUT2D eigenvalue weighted by Crippen LogP contribution is 2.33. The van der Waals surface area contributed by atoms with Crippen molar-refractivity contribution in [1.82, 2.24) is 4.98 Å². The van der Waals surface area contributed by atoms with Gasteiger partial charge in [-0.25, -0.2) is 4.98 Å². The smallest absolute Gasteiger partial charge is 0.230 e. The maximum Gasteiger partial charge on any atom is 0.230 e. The van der Waals surface area contributed by atoms with E-state index in [1.165, 1.54) is 16.9 Å². The van der Waals surface area contributed by atoms with Gasteiger partial charge in [0.1, 0.15) is 5.75 Å². The van der Waals surface area contributed by atoms with Gasteiger partial charge in [0, 0.05) is 23.0 Å². The molecule has 1 heterocycles. The Morgan fingerprint density at radius 1 is 1.19 bits per heavy atom. The Kier molecular flexibility index (Phi) is 6.19. The summed E-state index contributed by atoms with van der Waals surface area (Å²) in [6.45, 7) is 5.64. The van der Waals surface area contributed by atoms with E-state index in [0.29, 0.717) is 5.13 Å². The zero-order chi connectivity index (χ0) is 19.4. The number of hydrogen-bond acceptors (Lipinski definition) is 5. The predicted molar refractivity (Wildman–Crippen MR) is 113 cm³/mol. The van der Waals surface area contributed by atoms with E-state index in [1.54, 1.807) is 30.7 Å². The number of thioether (sulfide) groups is 1. The molecule has 0 spiro atoms. The lowest BCUT2D eigenvalue weighted by Crippen LogP contribution is -2.23. The number of amides is 1. The molecule has 3 rings (SSSR count). The van der Waals surface area contributed by atoms with E-state index in [-0.39, 0.29) is 5.91 Å². The Morgan fingerprint density at radius 2 is 1.93 bits per heavy atom. The molecule has 0 radical (unpaired) electrons. The van der Waals surface area contributed by atoms with Crippen molar-refractivity contribution in [2.24, 2.45) is 0 Å². The molecule has 3 aromatic rings. The molecule has 1 aromatic heterocycles. The number of rotatable bonds is 6. The van der Waals surface area contributed by atoms with E-state index in [9.17, 15) is 4.79 Å². The molecule has 0 aliphatic heterocycles. The number of ether oxygens (including phenoxy) is 1. The number of aromatic nitrogens is 1. The number of nitrogens with zero attached hydrogens (tertiary/aromatic N) is 2. The molecule has 0 N–H and O–H groups in total. The number of thiazole rings is 1. The predicted octanol–water partition coefficient (Wildman–Crippen LogP) is 5.75. The molecule has 0 bridgehead atoms. The minimum atomic E-state index is -0.0364. The maximum atomic E-state index is 12.3. The Bertz CT molecular complexity index is 936. The molecule has 0 atom stereocenters. The van der Waals surface area contributed by atoms with Crippen LogP contribution in [-0.2, 0) is 10.5 Å². The summed E-state index contributed by atoms with van der Waals surface area (Å²) in [7, 11) is 1.66. The van der Waals surface area contributed by atoms with E-state index in [4.69, 9.17) is 9.72 Å². The number of hydrogen-bond donors (Lipinski definition) is 0. The lowest BCUT2D eigenvalue weighted by atomic mass is 10.1. The zero-order valence-electron chi connectivity index (χ0n) is 15.9. The summed E-state index contributed by atoms with van der Waals surface area (Å²) < 4.78 is 5.19. The SMILES string of the molecule is COc1ccc(SCc2csc(N(C(C)=O)c3ccc(C)cc3C)n2)cc1. The van der Waals surface area contributed by atoms with Crippen molar-refractivity contribution in [2.45, 2.75) is 31.4 Å². The van der Waals surface area contributed by atoms with Crippen LogP contribution < -0.4 is 9.64 Å². The molecule has 27 heavy (non-hydrogen) atoms. The summed E-state index contributed by atoms with van der Waals surface area (Å²) in [4.78, 5) is 19.9.